The number of nitrogens with zero attached hydrogens (tertiary/aromatic N) is 4. The van der Waals surface area contributed by atoms with Crippen molar-refractivity contribution in [1.29, 1.82) is 0 Å². The fourth-order valence-electron chi connectivity index (χ4n) is 3.88. The number of halogens is 1. The summed E-state index contributed by atoms with van der Waals surface area (Å²) >= 11 is 5.40. The molecule has 0 saturated heterocycles. The number of amides is 1. The number of hydrogen-bond donors (Lipinski definition) is 2. The highest BCUT2D eigenvalue weighted by atomic mass is 32.1. The topological polar surface area (TPSA) is 120 Å². The molecule has 0 bridgehead atoms. The van der Waals surface area contributed by atoms with Crippen LogP contribution in [0.5, 0.6) is 0 Å². The Labute approximate surface area is 225 Å². The van der Waals surface area contributed by atoms with Gasteiger partial charge in [0, 0.05) is 0 Å². The van der Waals surface area contributed by atoms with Crippen molar-refractivity contribution in [3.63, 3.8) is 0 Å². The van der Waals surface area contributed by atoms with E-state index in [-0.39, 0.29) is 29.4 Å². The number of carbonyl (C=O) groups is 2. The minimum Gasteiger partial charge on any atom is -0.461 e. The van der Waals surface area contributed by atoms with Crippen LogP contribution in [0.3, 0.4) is 0 Å². The summed E-state index contributed by atoms with van der Waals surface area (Å²) in [5.41, 5.74) is -0.980. The molecule has 10 nitrogen and oxygen atoms in total. The average molecular weight is 543 g/mol. The first-order valence-electron chi connectivity index (χ1n) is 11.9. The number of tetrazole rings is 1. The van der Waals surface area contributed by atoms with Crippen LogP contribution in [-0.4, -0.2) is 43.5 Å². The highest BCUT2D eigenvalue weighted by Gasteiger charge is 2.46. The molecule has 1 atom stereocenters. The third kappa shape index (κ3) is 7.54. The van der Waals surface area contributed by atoms with Crippen molar-refractivity contribution in [2.24, 2.45) is 5.41 Å². The van der Waals surface area contributed by atoms with Crippen LogP contribution in [0.4, 0.5) is 9.18 Å². The smallest absolute Gasteiger partial charge is 0.413 e. The van der Waals surface area contributed by atoms with E-state index in [1.54, 1.807) is 19.9 Å². The summed E-state index contributed by atoms with van der Waals surface area (Å²) in [5, 5.41) is 16.0. The molecule has 0 aliphatic carbocycles. The lowest BCUT2D eigenvalue weighted by Crippen LogP contribution is -2.58. The van der Waals surface area contributed by atoms with Crippen molar-refractivity contribution in [2.45, 2.75) is 59.3 Å². The third-order valence-corrected chi connectivity index (χ3v) is 5.48. The number of benzene rings is 2. The van der Waals surface area contributed by atoms with Crippen LogP contribution in [-0.2, 0) is 26.4 Å². The molecule has 1 amide bonds. The summed E-state index contributed by atoms with van der Waals surface area (Å²) in [5.74, 6) is -1.35. The highest BCUT2D eigenvalue weighted by Crippen LogP contribution is 2.37. The van der Waals surface area contributed by atoms with E-state index in [0.717, 1.165) is 5.56 Å². The van der Waals surface area contributed by atoms with Crippen LogP contribution >= 0.6 is 12.2 Å². The zero-order valence-corrected chi connectivity index (χ0v) is 22.7. The Morgan fingerprint density at radius 3 is 2.42 bits per heavy atom. The molecule has 1 heterocycles. The molecule has 12 heteroatoms. The van der Waals surface area contributed by atoms with Crippen LogP contribution in [0.25, 0.3) is 5.69 Å². The number of thiocarbonyl (C=S) groups is 1. The fraction of sp³-hybridized carbons (Fsp3) is 0.385. The summed E-state index contributed by atoms with van der Waals surface area (Å²) in [6.07, 6.45) is 0.127. The van der Waals surface area contributed by atoms with Crippen molar-refractivity contribution in [1.82, 2.24) is 30.8 Å². The highest BCUT2D eigenvalue weighted by molar-refractivity contribution is 7.80. The zero-order chi connectivity index (χ0) is 27.9. The Hall–Kier alpha value is -3.93. The predicted octanol–water partition coefficient (Wildman–Crippen LogP) is 4.19. The fourth-order valence-corrected chi connectivity index (χ4v) is 4.13. The summed E-state index contributed by atoms with van der Waals surface area (Å²) in [7, 11) is 0. The number of rotatable bonds is 8. The predicted molar refractivity (Wildman–Crippen MR) is 142 cm³/mol. The molecule has 1 aromatic heterocycles. The van der Waals surface area contributed by atoms with Crippen LogP contribution in [0, 0.1) is 11.2 Å². The maximum absolute atomic E-state index is 15.3. The third-order valence-electron chi connectivity index (χ3n) is 5.28. The lowest BCUT2D eigenvalue weighted by atomic mass is 9.75. The largest absolute Gasteiger partial charge is 0.461 e. The van der Waals surface area contributed by atoms with Gasteiger partial charge in [0.1, 0.15) is 24.4 Å². The minimum absolute atomic E-state index is 0.0294. The monoisotopic (exact) mass is 542 g/mol. The molecule has 0 aliphatic rings. The number of alkyl carbamates (subject to hydrolysis) is 1. The molecular formula is C26H31FN6O4S. The number of hydrogen-bond acceptors (Lipinski definition) is 8. The van der Waals surface area contributed by atoms with Gasteiger partial charge in [0.05, 0.1) is 6.10 Å². The van der Waals surface area contributed by atoms with Gasteiger partial charge in [-0.05, 0) is 71.6 Å². The van der Waals surface area contributed by atoms with Gasteiger partial charge in [-0.25, -0.2) is 14.0 Å². The molecule has 1 unspecified atom stereocenters. The van der Waals surface area contributed by atoms with Crippen molar-refractivity contribution in [3.05, 3.63) is 71.8 Å². The van der Waals surface area contributed by atoms with Crippen molar-refractivity contribution < 1.29 is 23.5 Å². The standard InChI is InChI=1S/C26H31FN6O4S/c1-17(2)37-22(34)26(15-25(3,4)5,19-11-12-21(20(27)13-19)33-16-28-31-32-33)30-23(38)29-24(35)36-14-18-9-7-6-8-10-18/h6-13,16-17H,14-15H2,1-5H3,(H2,29,30,35,38). The first kappa shape index (κ1) is 28.6. The number of carbonyl (C=O) groups excluding carboxylic acids is 2. The van der Waals surface area contributed by atoms with E-state index in [1.807, 2.05) is 51.1 Å². The van der Waals surface area contributed by atoms with Crippen LogP contribution in [0.2, 0.25) is 0 Å². The summed E-state index contributed by atoms with van der Waals surface area (Å²) in [4.78, 5) is 26.1. The van der Waals surface area contributed by atoms with E-state index >= 15 is 4.39 Å². The molecule has 2 aromatic carbocycles. The zero-order valence-electron chi connectivity index (χ0n) is 21.9. The molecule has 0 saturated carbocycles. The van der Waals surface area contributed by atoms with Crippen molar-refractivity contribution >= 4 is 29.4 Å². The second-order valence-electron chi connectivity index (χ2n) is 10.2. The van der Waals surface area contributed by atoms with Gasteiger partial charge in [-0.3, -0.25) is 5.32 Å². The van der Waals surface area contributed by atoms with Crippen LogP contribution in [0.15, 0.2) is 54.9 Å². The summed E-state index contributed by atoms with van der Waals surface area (Å²) in [6.45, 7) is 9.20. The van der Waals surface area contributed by atoms with E-state index < -0.39 is 34.9 Å². The van der Waals surface area contributed by atoms with Gasteiger partial charge in [-0.15, -0.1) is 5.10 Å². The molecule has 2 N–H and O–H groups in total. The van der Waals surface area contributed by atoms with Gasteiger partial charge < -0.3 is 14.8 Å². The van der Waals surface area contributed by atoms with Gasteiger partial charge in [-0.1, -0.05) is 57.2 Å². The quantitative estimate of drug-likeness (QED) is 0.319. The lowest BCUT2D eigenvalue weighted by Gasteiger charge is -2.39. The molecule has 38 heavy (non-hydrogen) atoms. The Morgan fingerprint density at radius 2 is 1.84 bits per heavy atom. The molecule has 0 radical (unpaired) electrons. The van der Waals surface area contributed by atoms with Gasteiger partial charge in [0.2, 0.25) is 0 Å². The van der Waals surface area contributed by atoms with Gasteiger partial charge in [0.15, 0.2) is 10.7 Å². The van der Waals surface area contributed by atoms with E-state index in [2.05, 4.69) is 26.2 Å². The van der Waals surface area contributed by atoms with Gasteiger partial charge in [-0.2, -0.15) is 4.68 Å². The summed E-state index contributed by atoms with van der Waals surface area (Å²) < 4.78 is 27.3. The van der Waals surface area contributed by atoms with E-state index in [0.29, 0.717) is 0 Å². The SMILES string of the molecule is CC(C)OC(=O)C(CC(C)(C)C)(NC(=S)NC(=O)OCc1ccccc1)c1ccc(-n2cnnn2)c(F)c1. The second-order valence-corrected chi connectivity index (χ2v) is 10.6. The number of nitrogens with one attached hydrogen (secondary N) is 2. The van der Waals surface area contributed by atoms with Gasteiger partial charge in [0.25, 0.3) is 0 Å². The average Bonchev–Trinajstić information content (AvgIpc) is 3.36. The molecule has 3 rings (SSSR count). The van der Waals surface area contributed by atoms with Gasteiger partial charge >= 0.3 is 12.1 Å². The second kappa shape index (κ2) is 12.1. The molecule has 0 aliphatic heterocycles. The molecule has 202 valence electrons. The van der Waals surface area contributed by atoms with Crippen molar-refractivity contribution in [3.8, 4) is 5.69 Å². The molecule has 0 fully saturated rings. The Bertz CT molecular complexity index is 1260. The van der Waals surface area contributed by atoms with E-state index in [1.165, 1.54) is 23.1 Å². The molecular weight excluding hydrogens is 511 g/mol. The number of ether oxygens (including phenoxy) is 2. The number of esters is 1. The maximum atomic E-state index is 15.3. The van der Waals surface area contributed by atoms with Crippen LogP contribution < -0.4 is 10.6 Å². The number of aromatic nitrogens is 4. The van der Waals surface area contributed by atoms with E-state index in [4.69, 9.17) is 21.7 Å². The van der Waals surface area contributed by atoms with E-state index in [9.17, 15) is 9.59 Å². The minimum atomic E-state index is -1.65. The Morgan fingerprint density at radius 1 is 1.13 bits per heavy atom. The first-order chi connectivity index (χ1) is 17.9. The molecule has 3 aromatic rings. The Kier molecular flexibility index (Phi) is 9.10. The first-order valence-corrected chi connectivity index (χ1v) is 12.3. The normalized spacial score (nSPS) is 12.9. The lowest BCUT2D eigenvalue weighted by molar-refractivity contribution is -0.157. The Balaban J connectivity index is 1.94. The summed E-state index contributed by atoms with van der Waals surface area (Å²) in [6, 6.07) is 13.4. The molecule has 0 spiro atoms. The van der Waals surface area contributed by atoms with Crippen molar-refractivity contribution in [2.75, 3.05) is 0 Å². The maximum Gasteiger partial charge on any atom is 0.413 e. The van der Waals surface area contributed by atoms with Crippen LogP contribution in [0.1, 0.15) is 52.2 Å².